The summed E-state index contributed by atoms with van der Waals surface area (Å²) in [6, 6.07) is 13.0. The number of nitrogens with one attached hydrogen (secondary N) is 2. The highest BCUT2D eigenvalue weighted by Gasteiger charge is 2.12. The fourth-order valence-corrected chi connectivity index (χ4v) is 3.24. The number of aromatic nitrogens is 1. The molecule has 2 aromatic carbocycles. The first-order valence-corrected chi connectivity index (χ1v) is 9.70. The smallest absolute Gasteiger partial charge is 0.257 e. The van der Waals surface area contributed by atoms with E-state index in [0.717, 1.165) is 5.69 Å². The normalized spacial score (nSPS) is 10.7. The lowest BCUT2D eigenvalue weighted by Gasteiger charge is -2.08. The third kappa shape index (κ3) is 5.23. The highest BCUT2D eigenvalue weighted by molar-refractivity contribution is 7.14. The Labute approximate surface area is 166 Å². The first-order valence-electron chi connectivity index (χ1n) is 8.82. The number of carbonyl (C=O) groups excluding carboxylic acids is 2. The molecule has 0 spiro atoms. The zero-order chi connectivity index (χ0) is 20.1. The molecule has 5 nitrogen and oxygen atoms in total. The van der Waals surface area contributed by atoms with Gasteiger partial charge in [-0.1, -0.05) is 26.0 Å². The van der Waals surface area contributed by atoms with Gasteiger partial charge in [0, 0.05) is 16.6 Å². The van der Waals surface area contributed by atoms with Crippen molar-refractivity contribution in [3.8, 4) is 0 Å². The summed E-state index contributed by atoms with van der Waals surface area (Å²) in [5.74, 6) is -0.532. The van der Waals surface area contributed by atoms with E-state index in [0.29, 0.717) is 22.3 Å². The van der Waals surface area contributed by atoms with Crippen LogP contribution in [0.1, 0.15) is 41.4 Å². The van der Waals surface area contributed by atoms with Crippen molar-refractivity contribution < 1.29 is 14.0 Å². The molecule has 0 aliphatic rings. The maximum absolute atomic E-state index is 12.9. The highest BCUT2D eigenvalue weighted by Crippen LogP contribution is 2.19. The predicted molar refractivity (Wildman–Crippen MR) is 109 cm³/mol. The summed E-state index contributed by atoms with van der Waals surface area (Å²) in [4.78, 5) is 28.6. The second-order valence-electron chi connectivity index (χ2n) is 6.61. The number of thiazole rings is 1. The van der Waals surface area contributed by atoms with Crippen LogP contribution in [0.15, 0.2) is 53.9 Å². The summed E-state index contributed by atoms with van der Waals surface area (Å²) in [6.45, 7) is 4.23. The van der Waals surface area contributed by atoms with Crippen LogP contribution in [-0.4, -0.2) is 16.8 Å². The molecule has 2 N–H and O–H groups in total. The second-order valence-corrected chi connectivity index (χ2v) is 7.46. The van der Waals surface area contributed by atoms with Crippen molar-refractivity contribution in [1.82, 2.24) is 4.98 Å². The van der Waals surface area contributed by atoms with Crippen LogP contribution in [0.4, 0.5) is 15.2 Å². The van der Waals surface area contributed by atoms with Crippen LogP contribution in [0.3, 0.4) is 0 Å². The molecule has 3 aromatic rings. The number of hydrogen-bond acceptors (Lipinski definition) is 4. The average molecular weight is 397 g/mol. The van der Waals surface area contributed by atoms with Crippen molar-refractivity contribution >= 4 is 34.0 Å². The number of hydrogen-bond donors (Lipinski definition) is 2. The molecule has 0 saturated carbocycles. The number of benzene rings is 2. The Hall–Kier alpha value is -3.06. The van der Waals surface area contributed by atoms with Crippen LogP contribution < -0.4 is 10.6 Å². The van der Waals surface area contributed by atoms with Gasteiger partial charge < -0.3 is 5.32 Å². The van der Waals surface area contributed by atoms with E-state index in [1.807, 2.05) is 24.3 Å². The van der Waals surface area contributed by atoms with E-state index in [1.165, 1.54) is 41.2 Å². The molecular weight excluding hydrogens is 377 g/mol. The molecule has 0 unspecified atom stereocenters. The fourth-order valence-electron chi connectivity index (χ4n) is 2.54. The minimum Gasteiger partial charge on any atom is -0.326 e. The molecule has 0 aliphatic heterocycles. The summed E-state index contributed by atoms with van der Waals surface area (Å²) in [7, 11) is 0. The quantitative estimate of drug-likeness (QED) is 0.625. The Morgan fingerprint density at radius 1 is 1.04 bits per heavy atom. The molecule has 0 aliphatic carbocycles. The van der Waals surface area contributed by atoms with Gasteiger partial charge in [0.1, 0.15) is 5.82 Å². The minimum absolute atomic E-state index is 0.106. The SMILES string of the molecule is CC(C)c1ccc(NC(=O)Cc2csc(NC(=O)c3ccc(F)cc3)n2)cc1. The van der Waals surface area contributed by atoms with Crippen LogP contribution in [-0.2, 0) is 11.2 Å². The lowest BCUT2D eigenvalue weighted by atomic mass is 10.0. The van der Waals surface area contributed by atoms with E-state index in [1.54, 1.807) is 5.38 Å². The molecule has 0 radical (unpaired) electrons. The summed E-state index contributed by atoms with van der Waals surface area (Å²) < 4.78 is 12.9. The molecule has 7 heteroatoms. The van der Waals surface area contributed by atoms with Gasteiger partial charge in [0.05, 0.1) is 12.1 Å². The molecule has 0 saturated heterocycles. The largest absolute Gasteiger partial charge is 0.326 e. The van der Waals surface area contributed by atoms with Crippen molar-refractivity contribution in [1.29, 1.82) is 0 Å². The number of carbonyl (C=O) groups is 2. The van der Waals surface area contributed by atoms with Crippen molar-refractivity contribution in [2.75, 3.05) is 10.6 Å². The van der Waals surface area contributed by atoms with Crippen LogP contribution in [0.5, 0.6) is 0 Å². The maximum Gasteiger partial charge on any atom is 0.257 e. The number of amides is 2. The molecule has 1 aromatic heterocycles. The van der Waals surface area contributed by atoms with E-state index in [-0.39, 0.29) is 18.2 Å². The van der Waals surface area contributed by atoms with Gasteiger partial charge in [-0.2, -0.15) is 0 Å². The van der Waals surface area contributed by atoms with Gasteiger partial charge in [-0.15, -0.1) is 11.3 Å². The zero-order valence-electron chi connectivity index (χ0n) is 15.5. The van der Waals surface area contributed by atoms with Gasteiger partial charge in [0.25, 0.3) is 5.91 Å². The Balaban J connectivity index is 1.55. The lowest BCUT2D eigenvalue weighted by molar-refractivity contribution is -0.115. The molecule has 3 rings (SSSR count). The standard InChI is InChI=1S/C21H20FN3O2S/c1-13(2)14-5-9-17(10-6-14)23-19(26)11-18-12-28-21(24-18)25-20(27)15-3-7-16(22)8-4-15/h3-10,12-13H,11H2,1-2H3,(H,23,26)(H,24,25,27). The summed E-state index contributed by atoms with van der Waals surface area (Å²) in [5.41, 5.74) is 2.84. The van der Waals surface area contributed by atoms with Crippen LogP contribution in [0.25, 0.3) is 0 Å². The molecule has 144 valence electrons. The maximum atomic E-state index is 12.9. The summed E-state index contributed by atoms with van der Waals surface area (Å²) in [6.07, 6.45) is 0.106. The molecule has 0 atom stereocenters. The van der Waals surface area contributed by atoms with Gasteiger partial charge in [-0.25, -0.2) is 9.37 Å². The van der Waals surface area contributed by atoms with E-state index in [2.05, 4.69) is 29.5 Å². The first-order chi connectivity index (χ1) is 13.4. The average Bonchev–Trinajstić information content (AvgIpc) is 3.09. The number of halogens is 1. The molecule has 0 bridgehead atoms. The molecule has 0 fully saturated rings. The first kappa shape index (κ1) is 19.7. The molecule has 28 heavy (non-hydrogen) atoms. The van der Waals surface area contributed by atoms with E-state index < -0.39 is 5.82 Å². The van der Waals surface area contributed by atoms with Gasteiger partial charge in [0.15, 0.2) is 5.13 Å². The van der Waals surface area contributed by atoms with Crippen molar-refractivity contribution in [3.63, 3.8) is 0 Å². The van der Waals surface area contributed by atoms with Gasteiger partial charge in [0.2, 0.25) is 5.91 Å². The van der Waals surface area contributed by atoms with Gasteiger partial charge in [-0.3, -0.25) is 14.9 Å². The van der Waals surface area contributed by atoms with E-state index in [9.17, 15) is 14.0 Å². The van der Waals surface area contributed by atoms with Crippen LogP contribution in [0.2, 0.25) is 0 Å². The number of anilines is 2. The Morgan fingerprint density at radius 2 is 1.71 bits per heavy atom. The molecule has 1 heterocycles. The summed E-state index contributed by atoms with van der Waals surface area (Å²) >= 11 is 1.23. The highest BCUT2D eigenvalue weighted by atomic mass is 32.1. The molecule has 2 amide bonds. The number of nitrogens with zero attached hydrogens (tertiary/aromatic N) is 1. The third-order valence-electron chi connectivity index (χ3n) is 4.08. The van der Waals surface area contributed by atoms with E-state index >= 15 is 0 Å². The third-order valence-corrected chi connectivity index (χ3v) is 4.89. The van der Waals surface area contributed by atoms with E-state index in [4.69, 9.17) is 0 Å². The number of rotatable bonds is 6. The minimum atomic E-state index is -0.405. The summed E-state index contributed by atoms with van der Waals surface area (Å²) in [5, 5.41) is 7.60. The molecular formula is C21H20FN3O2S. The van der Waals surface area contributed by atoms with Gasteiger partial charge in [-0.05, 0) is 47.9 Å². The predicted octanol–water partition coefficient (Wildman–Crippen LogP) is 4.84. The zero-order valence-corrected chi connectivity index (χ0v) is 16.3. The van der Waals surface area contributed by atoms with Gasteiger partial charge >= 0.3 is 0 Å². The Bertz CT molecular complexity index is 966. The van der Waals surface area contributed by atoms with Crippen molar-refractivity contribution in [2.24, 2.45) is 0 Å². The second kappa shape index (κ2) is 8.75. The fraction of sp³-hybridized carbons (Fsp3) is 0.190. The van der Waals surface area contributed by atoms with Crippen LogP contribution >= 0.6 is 11.3 Å². The topological polar surface area (TPSA) is 71.1 Å². The monoisotopic (exact) mass is 397 g/mol. The Morgan fingerprint density at radius 3 is 2.36 bits per heavy atom. The van der Waals surface area contributed by atoms with Crippen molar-refractivity contribution in [3.05, 3.63) is 76.5 Å². The lowest BCUT2D eigenvalue weighted by Crippen LogP contribution is -2.15. The Kier molecular flexibility index (Phi) is 6.16. The van der Waals surface area contributed by atoms with Crippen LogP contribution in [0, 0.1) is 5.82 Å². The van der Waals surface area contributed by atoms with Crippen molar-refractivity contribution in [2.45, 2.75) is 26.2 Å².